The number of nitrogens with zero attached hydrogens (tertiary/aromatic N) is 1. The fraction of sp³-hybridized carbons (Fsp3) is 0.333. The summed E-state index contributed by atoms with van der Waals surface area (Å²) in [7, 11) is 0. The molecular formula is C12H11ClFNO4. The average Bonchev–Trinajstić information content (AvgIpc) is 2.35. The lowest BCUT2D eigenvalue weighted by Gasteiger charge is -2.14. The number of hydrogen-bond donors (Lipinski definition) is 0. The van der Waals surface area contributed by atoms with Gasteiger partial charge in [-0.25, -0.2) is 14.0 Å². The Morgan fingerprint density at radius 1 is 1.58 bits per heavy atom. The predicted octanol–water partition coefficient (Wildman–Crippen LogP) is 2.78. The molecule has 0 spiro atoms. The van der Waals surface area contributed by atoms with Crippen LogP contribution in [0.4, 0.5) is 10.1 Å². The smallest absolute Gasteiger partial charge is 0.347 e. The molecule has 0 amide bonds. The van der Waals surface area contributed by atoms with E-state index in [1.54, 1.807) is 6.92 Å². The number of esters is 1. The molecule has 0 saturated carbocycles. The van der Waals surface area contributed by atoms with Crippen molar-refractivity contribution in [3.8, 4) is 5.75 Å². The number of isocyanates is 1. The van der Waals surface area contributed by atoms with E-state index < -0.39 is 17.9 Å². The fourth-order valence-electron chi connectivity index (χ4n) is 1.24. The van der Waals surface area contributed by atoms with Gasteiger partial charge < -0.3 is 9.47 Å². The van der Waals surface area contributed by atoms with Crippen molar-refractivity contribution in [1.29, 1.82) is 0 Å². The summed E-state index contributed by atoms with van der Waals surface area (Å²) in [6.45, 7) is 3.33. The lowest BCUT2D eigenvalue weighted by molar-refractivity contribution is -0.150. The lowest BCUT2D eigenvalue weighted by atomic mass is 10.3. The maximum atomic E-state index is 13.3. The van der Waals surface area contributed by atoms with Gasteiger partial charge in [0.05, 0.1) is 11.6 Å². The third-order valence-corrected chi connectivity index (χ3v) is 2.39. The first kappa shape index (κ1) is 15.1. The molecule has 5 nitrogen and oxygen atoms in total. The second kappa shape index (κ2) is 6.87. The van der Waals surface area contributed by atoms with Crippen molar-refractivity contribution in [2.45, 2.75) is 20.0 Å². The highest BCUT2D eigenvalue weighted by Gasteiger charge is 2.18. The van der Waals surface area contributed by atoms with E-state index in [1.807, 2.05) is 0 Å². The van der Waals surface area contributed by atoms with Crippen LogP contribution >= 0.6 is 11.6 Å². The topological polar surface area (TPSA) is 65.0 Å². The van der Waals surface area contributed by atoms with E-state index in [1.165, 1.54) is 13.0 Å². The second-order valence-corrected chi connectivity index (χ2v) is 3.86. The van der Waals surface area contributed by atoms with Gasteiger partial charge in [-0.15, -0.1) is 0 Å². The molecule has 0 saturated heterocycles. The number of hydrogen-bond acceptors (Lipinski definition) is 5. The molecule has 0 fully saturated rings. The van der Waals surface area contributed by atoms with Crippen molar-refractivity contribution in [3.05, 3.63) is 23.0 Å². The first-order chi connectivity index (χ1) is 8.99. The van der Waals surface area contributed by atoms with Crippen LogP contribution in [0.5, 0.6) is 5.75 Å². The van der Waals surface area contributed by atoms with Crippen LogP contribution < -0.4 is 4.74 Å². The molecule has 0 heterocycles. The first-order valence-corrected chi connectivity index (χ1v) is 5.77. The summed E-state index contributed by atoms with van der Waals surface area (Å²) in [5.41, 5.74) is -0.273. The molecule has 19 heavy (non-hydrogen) atoms. The highest BCUT2D eigenvalue weighted by Crippen LogP contribution is 2.32. The van der Waals surface area contributed by atoms with Crippen molar-refractivity contribution >= 4 is 29.3 Å². The number of carbonyl (C=O) groups excluding carboxylic acids is 2. The fourth-order valence-corrected chi connectivity index (χ4v) is 1.44. The number of carbonyl (C=O) groups is 1. The Labute approximate surface area is 114 Å². The minimum absolute atomic E-state index is 0.0256. The molecule has 1 aromatic carbocycles. The zero-order chi connectivity index (χ0) is 14.4. The summed E-state index contributed by atoms with van der Waals surface area (Å²) >= 11 is 5.77. The van der Waals surface area contributed by atoms with Gasteiger partial charge in [0.25, 0.3) is 0 Å². The van der Waals surface area contributed by atoms with Crippen molar-refractivity contribution in [2.75, 3.05) is 6.61 Å². The molecular weight excluding hydrogens is 277 g/mol. The summed E-state index contributed by atoms with van der Waals surface area (Å²) in [6.07, 6.45) is 0.292. The van der Waals surface area contributed by atoms with Crippen LogP contribution in [-0.4, -0.2) is 24.8 Å². The van der Waals surface area contributed by atoms with E-state index in [2.05, 4.69) is 4.99 Å². The largest absolute Gasteiger partial charge is 0.477 e. The van der Waals surface area contributed by atoms with E-state index in [0.717, 1.165) is 12.1 Å². The summed E-state index contributed by atoms with van der Waals surface area (Å²) in [4.78, 5) is 24.7. The highest BCUT2D eigenvalue weighted by molar-refractivity contribution is 6.32. The number of rotatable bonds is 5. The van der Waals surface area contributed by atoms with E-state index in [4.69, 9.17) is 21.1 Å². The number of aliphatic imine (C=N–C) groups is 1. The molecule has 1 aromatic rings. The van der Waals surface area contributed by atoms with Crippen molar-refractivity contribution in [2.24, 2.45) is 4.99 Å². The summed E-state index contributed by atoms with van der Waals surface area (Å²) < 4.78 is 23.3. The van der Waals surface area contributed by atoms with Gasteiger partial charge >= 0.3 is 5.97 Å². The van der Waals surface area contributed by atoms with Crippen molar-refractivity contribution < 1.29 is 23.5 Å². The number of halogens is 2. The van der Waals surface area contributed by atoms with Crippen LogP contribution in [0.1, 0.15) is 13.8 Å². The van der Waals surface area contributed by atoms with Crippen molar-refractivity contribution in [1.82, 2.24) is 0 Å². The van der Waals surface area contributed by atoms with Gasteiger partial charge in [0.15, 0.2) is 11.9 Å². The quantitative estimate of drug-likeness (QED) is 0.474. The van der Waals surface area contributed by atoms with Crippen LogP contribution in [-0.2, 0) is 14.3 Å². The second-order valence-electron chi connectivity index (χ2n) is 3.45. The van der Waals surface area contributed by atoms with Crippen LogP contribution in [0.2, 0.25) is 5.02 Å². The van der Waals surface area contributed by atoms with Crippen LogP contribution in [0.15, 0.2) is 17.1 Å². The minimum atomic E-state index is -0.920. The molecule has 102 valence electrons. The molecule has 0 aliphatic heterocycles. The van der Waals surface area contributed by atoms with E-state index in [-0.39, 0.29) is 23.1 Å². The Balaban J connectivity index is 2.97. The minimum Gasteiger partial charge on any atom is -0.477 e. The summed E-state index contributed by atoms with van der Waals surface area (Å²) in [6, 6.07) is 2.04. The van der Waals surface area contributed by atoms with Gasteiger partial charge in [-0.05, 0) is 19.9 Å². The standard InChI is InChI=1S/C12H11ClFNO4/c1-3-18-12(17)7(2)19-11-5-10(15-6-16)9(14)4-8(11)13/h4-5,7H,3H2,1-2H3. The van der Waals surface area contributed by atoms with Gasteiger partial charge in [0, 0.05) is 6.07 Å². The normalized spacial score (nSPS) is 11.4. The molecule has 1 rings (SSSR count). The molecule has 0 radical (unpaired) electrons. The van der Waals surface area contributed by atoms with Gasteiger partial charge in [-0.1, -0.05) is 11.6 Å². The monoisotopic (exact) mass is 287 g/mol. The highest BCUT2D eigenvalue weighted by atomic mass is 35.5. The Morgan fingerprint density at radius 3 is 2.84 bits per heavy atom. The summed E-state index contributed by atoms with van der Waals surface area (Å²) in [5, 5.41) is -0.0431. The molecule has 0 bridgehead atoms. The molecule has 0 aliphatic rings. The van der Waals surface area contributed by atoms with Gasteiger partial charge in [0.1, 0.15) is 11.4 Å². The number of ether oxygens (including phenoxy) is 2. The molecule has 0 N–H and O–H groups in total. The van der Waals surface area contributed by atoms with Gasteiger partial charge in [-0.3, -0.25) is 0 Å². The zero-order valence-corrected chi connectivity index (χ0v) is 11.0. The molecule has 7 heteroatoms. The van der Waals surface area contributed by atoms with Crippen LogP contribution in [0.25, 0.3) is 0 Å². The zero-order valence-electron chi connectivity index (χ0n) is 10.3. The van der Waals surface area contributed by atoms with Crippen LogP contribution in [0.3, 0.4) is 0 Å². The van der Waals surface area contributed by atoms with Gasteiger partial charge in [-0.2, -0.15) is 4.99 Å². The SMILES string of the molecule is CCOC(=O)C(C)Oc1cc(N=C=O)c(F)cc1Cl. The molecule has 1 atom stereocenters. The van der Waals surface area contributed by atoms with E-state index >= 15 is 0 Å². The van der Waals surface area contributed by atoms with E-state index in [0.29, 0.717) is 0 Å². The van der Waals surface area contributed by atoms with E-state index in [9.17, 15) is 14.0 Å². The Kier molecular flexibility index (Phi) is 5.48. The predicted molar refractivity (Wildman–Crippen MR) is 65.9 cm³/mol. The number of benzene rings is 1. The molecule has 0 aromatic heterocycles. The molecule has 0 aliphatic carbocycles. The maximum absolute atomic E-state index is 13.3. The third-order valence-electron chi connectivity index (χ3n) is 2.09. The Hall–Kier alpha value is -1.91. The Bertz CT molecular complexity index is 529. The average molecular weight is 288 g/mol. The first-order valence-electron chi connectivity index (χ1n) is 5.39. The van der Waals surface area contributed by atoms with Gasteiger partial charge in [0.2, 0.25) is 6.08 Å². The Morgan fingerprint density at radius 2 is 2.26 bits per heavy atom. The summed E-state index contributed by atoms with van der Waals surface area (Å²) in [5.74, 6) is -1.34. The van der Waals surface area contributed by atoms with Crippen LogP contribution in [0, 0.1) is 5.82 Å². The third kappa shape index (κ3) is 4.05. The maximum Gasteiger partial charge on any atom is 0.347 e. The van der Waals surface area contributed by atoms with Crippen molar-refractivity contribution in [3.63, 3.8) is 0 Å². The molecule has 1 unspecified atom stereocenters. The lowest BCUT2D eigenvalue weighted by Crippen LogP contribution is -2.26.